The van der Waals surface area contributed by atoms with Crippen LogP contribution in [0.5, 0.6) is 0 Å². The maximum absolute atomic E-state index is 13.8. The maximum atomic E-state index is 13.8. The lowest BCUT2D eigenvalue weighted by atomic mass is 9.95. The van der Waals surface area contributed by atoms with Crippen LogP contribution in [0.4, 0.5) is 0 Å². The number of likely N-dealkylation sites (N-methyl/N-ethyl adjacent to an activating group) is 2. The smallest absolute Gasteiger partial charge is 0.266 e. The minimum atomic E-state index is -0.368. The topological polar surface area (TPSA) is 50.5 Å². The molecular formula is C39H32N4O2S. The van der Waals surface area contributed by atoms with Gasteiger partial charge in [0.15, 0.2) is 5.11 Å². The van der Waals surface area contributed by atoms with Crippen molar-refractivity contribution in [3.05, 3.63) is 118 Å². The summed E-state index contributed by atoms with van der Waals surface area (Å²) in [6.45, 7) is 0. The molecule has 6 aromatic rings. The lowest BCUT2D eigenvalue weighted by Crippen LogP contribution is -2.53. The Bertz CT molecular complexity index is 2360. The minimum absolute atomic E-state index is 0.167. The molecule has 2 aromatic heterocycles. The van der Waals surface area contributed by atoms with Crippen molar-refractivity contribution in [2.24, 2.45) is 14.1 Å². The first kappa shape index (κ1) is 28.2. The average Bonchev–Trinajstić information content (AvgIpc) is 3.69. The van der Waals surface area contributed by atoms with Crippen LogP contribution in [0.2, 0.25) is 0 Å². The molecule has 4 aromatic carbocycles. The molecule has 0 N–H and O–H groups in total. The van der Waals surface area contributed by atoms with Crippen LogP contribution in [-0.4, -0.2) is 50.0 Å². The Morgan fingerprint density at radius 1 is 0.565 bits per heavy atom. The van der Waals surface area contributed by atoms with E-state index in [1.807, 2.05) is 0 Å². The van der Waals surface area contributed by atoms with Gasteiger partial charge in [-0.2, -0.15) is 0 Å². The van der Waals surface area contributed by atoms with Crippen LogP contribution >= 0.6 is 12.2 Å². The number of thiocarbonyl (C=S) groups is 1. The Morgan fingerprint density at radius 3 is 1.41 bits per heavy atom. The van der Waals surface area contributed by atoms with Crippen LogP contribution in [0.3, 0.4) is 0 Å². The maximum Gasteiger partial charge on any atom is 0.266 e. The van der Waals surface area contributed by atoms with Gasteiger partial charge < -0.3 is 9.13 Å². The molecule has 8 rings (SSSR count). The Labute approximate surface area is 271 Å². The third-order valence-electron chi connectivity index (χ3n) is 9.81. The normalized spacial score (nSPS) is 19.0. The van der Waals surface area contributed by atoms with Crippen molar-refractivity contribution in [2.45, 2.75) is 12.8 Å². The van der Waals surface area contributed by atoms with E-state index in [-0.39, 0.29) is 22.5 Å². The Morgan fingerprint density at radius 2 is 0.978 bits per heavy atom. The summed E-state index contributed by atoms with van der Waals surface area (Å²) in [5, 5.41) is 9.60. The quantitative estimate of drug-likeness (QED) is 0.139. The van der Waals surface area contributed by atoms with E-state index in [0.29, 0.717) is 18.4 Å². The number of amides is 2. The first-order valence-corrected chi connectivity index (χ1v) is 15.9. The Kier molecular flexibility index (Phi) is 6.38. The zero-order valence-corrected chi connectivity index (χ0v) is 27.0. The van der Waals surface area contributed by atoms with Crippen molar-refractivity contribution >= 4 is 84.6 Å². The highest BCUT2D eigenvalue weighted by atomic mass is 32.1. The number of aryl methyl sites for hydroxylation is 2. The van der Waals surface area contributed by atoms with Crippen LogP contribution in [0.1, 0.15) is 12.8 Å². The summed E-state index contributed by atoms with van der Waals surface area (Å²) in [6.07, 6.45) is 9.87. The minimum Gasteiger partial charge on any atom is -0.344 e. The fraction of sp³-hybridized carbons (Fsp3) is 0.154. The largest absolute Gasteiger partial charge is 0.344 e. The van der Waals surface area contributed by atoms with Crippen LogP contribution in [0.25, 0.3) is 55.5 Å². The predicted molar refractivity (Wildman–Crippen MR) is 191 cm³/mol. The van der Waals surface area contributed by atoms with Crippen LogP contribution < -0.4 is 10.7 Å². The molecule has 6 nitrogen and oxygen atoms in total. The van der Waals surface area contributed by atoms with E-state index in [9.17, 15) is 9.59 Å². The Hall–Kier alpha value is -5.27. The van der Waals surface area contributed by atoms with Gasteiger partial charge >= 0.3 is 0 Å². The average molecular weight is 621 g/mol. The zero-order valence-electron chi connectivity index (χ0n) is 26.2. The van der Waals surface area contributed by atoms with Gasteiger partial charge in [0.1, 0.15) is 5.57 Å². The second kappa shape index (κ2) is 10.4. The van der Waals surface area contributed by atoms with Gasteiger partial charge in [0, 0.05) is 71.5 Å². The van der Waals surface area contributed by atoms with Gasteiger partial charge in [0.25, 0.3) is 11.8 Å². The molecule has 0 bridgehead atoms. The highest BCUT2D eigenvalue weighted by Crippen LogP contribution is 2.40. The van der Waals surface area contributed by atoms with Crippen molar-refractivity contribution < 1.29 is 9.59 Å². The SMILES string of the molecule is CN1C(=O)C(=C2C(=C/C=c3\c4cccc5cccc(c54)n3C)CC/C2=C/C=c2\c3cccc4cccc(c43)n2C)C(=O)N(C)C1=S. The summed E-state index contributed by atoms with van der Waals surface area (Å²) in [6, 6.07) is 25.5. The third-order valence-corrected chi connectivity index (χ3v) is 10.4. The number of allylic oxidation sites excluding steroid dienone is 5. The van der Waals surface area contributed by atoms with Crippen molar-refractivity contribution in [1.29, 1.82) is 0 Å². The summed E-state index contributed by atoms with van der Waals surface area (Å²) in [4.78, 5) is 30.3. The molecular weight excluding hydrogens is 589 g/mol. The molecule has 0 atom stereocenters. The van der Waals surface area contributed by atoms with Gasteiger partial charge in [-0.25, -0.2) is 0 Å². The molecule has 1 saturated heterocycles. The fourth-order valence-electron chi connectivity index (χ4n) is 7.43. The molecule has 7 heteroatoms. The van der Waals surface area contributed by atoms with Gasteiger partial charge in [0.05, 0.1) is 0 Å². The molecule has 226 valence electrons. The summed E-state index contributed by atoms with van der Waals surface area (Å²) >= 11 is 5.42. The third kappa shape index (κ3) is 3.98. The lowest BCUT2D eigenvalue weighted by molar-refractivity contribution is -0.132. The van der Waals surface area contributed by atoms with E-state index < -0.39 is 0 Å². The number of hydrogen-bond acceptors (Lipinski definition) is 3. The number of carbonyl (C=O) groups excluding carboxylic acids is 2. The van der Waals surface area contributed by atoms with Gasteiger partial charge in [-0.05, 0) is 76.8 Å². The molecule has 2 aliphatic rings. The first-order valence-electron chi connectivity index (χ1n) is 15.4. The number of carbonyl (C=O) groups is 2. The van der Waals surface area contributed by atoms with Gasteiger partial charge in [-0.3, -0.25) is 19.4 Å². The number of rotatable bonds is 2. The highest BCUT2D eigenvalue weighted by molar-refractivity contribution is 7.80. The zero-order chi connectivity index (χ0) is 31.9. The number of hydrogen-bond donors (Lipinski definition) is 0. The monoisotopic (exact) mass is 620 g/mol. The van der Waals surface area contributed by atoms with Crippen molar-refractivity contribution in [1.82, 2.24) is 18.9 Å². The standard InChI is InChI=1S/C39H32N4O2S/c1-40-29(27-13-5-9-23-11-7-15-31(40)34(23)27)21-19-25-17-18-26(33(25)36-37(44)42(3)39(46)43(4)38(36)45)20-22-30-28-14-6-10-24-12-8-16-32(35(24)28)41(30)2/h5-16,19-22H,17-18H2,1-4H3/b25-19-,26-20?,29-21+,30-22+. The molecule has 1 aliphatic heterocycles. The summed E-state index contributed by atoms with van der Waals surface area (Å²) in [7, 11) is 7.44. The molecule has 1 saturated carbocycles. The van der Waals surface area contributed by atoms with E-state index in [4.69, 9.17) is 12.2 Å². The first-order chi connectivity index (χ1) is 22.3. The second-order valence-corrected chi connectivity index (χ2v) is 12.6. The van der Waals surface area contributed by atoms with Gasteiger partial charge in [0.2, 0.25) is 0 Å². The highest BCUT2D eigenvalue weighted by Gasteiger charge is 2.40. The molecule has 46 heavy (non-hydrogen) atoms. The molecule has 2 amide bonds. The number of aromatic nitrogens is 2. The molecule has 1 aliphatic carbocycles. The van der Waals surface area contributed by atoms with E-state index in [1.165, 1.54) is 53.2 Å². The molecule has 0 unspecified atom stereocenters. The Balaban J connectivity index is 1.36. The van der Waals surface area contributed by atoms with E-state index in [1.54, 1.807) is 14.1 Å². The van der Waals surface area contributed by atoms with E-state index in [0.717, 1.165) is 21.8 Å². The summed E-state index contributed by atoms with van der Waals surface area (Å²) in [5.41, 5.74) is 5.14. The molecule has 0 radical (unpaired) electrons. The molecule has 3 heterocycles. The van der Waals surface area contributed by atoms with Crippen LogP contribution in [0.15, 0.2) is 107 Å². The fourth-order valence-corrected chi connectivity index (χ4v) is 7.60. The predicted octanol–water partition coefficient (Wildman–Crippen LogP) is 5.83. The number of benzene rings is 4. The molecule has 2 fully saturated rings. The summed E-state index contributed by atoms with van der Waals surface area (Å²) < 4.78 is 4.42. The second-order valence-electron chi connectivity index (χ2n) is 12.2. The number of nitrogens with zero attached hydrogens (tertiary/aromatic N) is 4. The lowest BCUT2D eigenvalue weighted by Gasteiger charge is -2.33. The van der Waals surface area contributed by atoms with Crippen molar-refractivity contribution in [2.75, 3.05) is 14.1 Å². The van der Waals surface area contributed by atoms with Crippen LogP contribution in [-0.2, 0) is 23.7 Å². The summed E-state index contributed by atoms with van der Waals surface area (Å²) in [5.74, 6) is -0.736. The van der Waals surface area contributed by atoms with E-state index in [2.05, 4.69) is 120 Å². The van der Waals surface area contributed by atoms with Crippen molar-refractivity contribution in [3.63, 3.8) is 0 Å². The van der Waals surface area contributed by atoms with Crippen LogP contribution in [0, 0.1) is 0 Å². The van der Waals surface area contributed by atoms with Gasteiger partial charge in [-0.15, -0.1) is 0 Å². The molecule has 0 spiro atoms. The van der Waals surface area contributed by atoms with E-state index >= 15 is 0 Å². The van der Waals surface area contributed by atoms with Gasteiger partial charge in [-0.1, -0.05) is 72.8 Å². The van der Waals surface area contributed by atoms with Crippen molar-refractivity contribution in [3.8, 4) is 0 Å².